The number of hydrogen-bond acceptors (Lipinski definition) is 2. The fourth-order valence-electron chi connectivity index (χ4n) is 1.05. The van der Waals surface area contributed by atoms with Crippen molar-refractivity contribution in [2.24, 2.45) is 0 Å². The molecule has 1 aromatic rings. The van der Waals surface area contributed by atoms with E-state index in [2.05, 4.69) is 23.7 Å². The van der Waals surface area contributed by atoms with Crippen LogP contribution < -0.4 is 0 Å². The van der Waals surface area contributed by atoms with E-state index in [0.29, 0.717) is 6.42 Å². The normalized spacial score (nSPS) is 9.38. The Balaban J connectivity index is 2.66. The maximum Gasteiger partial charge on any atom is 0.185 e. The topological polar surface area (TPSA) is 38.0 Å². The third-order valence-electron chi connectivity index (χ3n) is 1.62. The minimum absolute atomic E-state index is 0.113. The second-order valence-corrected chi connectivity index (χ2v) is 2.72. The molecule has 1 aromatic heterocycles. The van der Waals surface area contributed by atoms with Gasteiger partial charge in [0.05, 0.1) is 6.61 Å². The van der Waals surface area contributed by atoms with E-state index < -0.39 is 0 Å². The van der Waals surface area contributed by atoms with Crippen LogP contribution in [-0.2, 0) is 6.54 Å². The Hall–Kier alpha value is -1.27. The van der Waals surface area contributed by atoms with Crippen molar-refractivity contribution < 1.29 is 5.11 Å². The summed E-state index contributed by atoms with van der Waals surface area (Å²) >= 11 is 0. The second-order valence-electron chi connectivity index (χ2n) is 2.72. The summed E-state index contributed by atoms with van der Waals surface area (Å²) in [6.07, 6.45) is 5.26. The molecule has 1 rings (SSSR count). The first-order valence-corrected chi connectivity index (χ1v) is 4.49. The fourth-order valence-corrected chi connectivity index (χ4v) is 1.05. The van der Waals surface area contributed by atoms with Gasteiger partial charge >= 0.3 is 0 Å². The van der Waals surface area contributed by atoms with E-state index in [-0.39, 0.29) is 6.61 Å². The van der Waals surface area contributed by atoms with Crippen LogP contribution in [0.15, 0.2) is 12.4 Å². The van der Waals surface area contributed by atoms with Gasteiger partial charge in [0.25, 0.3) is 0 Å². The lowest BCUT2D eigenvalue weighted by atomic mass is 10.4. The SMILES string of the molecule is CCCn1ccnc1C#CCCO. The predicted octanol–water partition coefficient (Wildman–Crippen LogP) is 1.03. The minimum Gasteiger partial charge on any atom is -0.395 e. The number of aliphatic hydroxyl groups excluding tert-OH is 1. The first kappa shape index (κ1) is 9.82. The van der Waals surface area contributed by atoms with Gasteiger partial charge in [0.15, 0.2) is 5.82 Å². The van der Waals surface area contributed by atoms with Crippen molar-refractivity contribution in [1.29, 1.82) is 0 Å². The van der Waals surface area contributed by atoms with Crippen LogP contribution in [0, 0.1) is 11.8 Å². The van der Waals surface area contributed by atoms with Crippen molar-refractivity contribution in [3.05, 3.63) is 18.2 Å². The van der Waals surface area contributed by atoms with E-state index in [1.165, 1.54) is 0 Å². The van der Waals surface area contributed by atoms with E-state index >= 15 is 0 Å². The van der Waals surface area contributed by atoms with Crippen LogP contribution >= 0.6 is 0 Å². The molecule has 0 fully saturated rings. The third kappa shape index (κ3) is 2.92. The summed E-state index contributed by atoms with van der Waals surface area (Å²) in [5, 5.41) is 8.54. The van der Waals surface area contributed by atoms with Gasteiger partial charge < -0.3 is 9.67 Å². The molecular weight excluding hydrogens is 164 g/mol. The zero-order chi connectivity index (χ0) is 9.52. The molecular formula is C10H14N2O. The molecule has 0 radical (unpaired) electrons. The average Bonchev–Trinajstić information content (AvgIpc) is 2.54. The van der Waals surface area contributed by atoms with Gasteiger partial charge in [0.1, 0.15) is 0 Å². The quantitative estimate of drug-likeness (QED) is 0.702. The Morgan fingerprint density at radius 2 is 2.46 bits per heavy atom. The highest BCUT2D eigenvalue weighted by molar-refractivity contribution is 5.21. The van der Waals surface area contributed by atoms with Crippen LogP contribution in [0.1, 0.15) is 25.6 Å². The molecule has 0 aromatic carbocycles. The summed E-state index contributed by atoms with van der Waals surface area (Å²) in [4.78, 5) is 4.11. The second kappa shape index (κ2) is 5.39. The van der Waals surface area contributed by atoms with Gasteiger partial charge in [-0.15, -0.1) is 0 Å². The van der Waals surface area contributed by atoms with Gasteiger partial charge in [-0.3, -0.25) is 0 Å². The molecule has 0 atom stereocenters. The smallest absolute Gasteiger partial charge is 0.185 e. The Bertz CT molecular complexity index is 306. The molecule has 0 aliphatic carbocycles. The first-order valence-electron chi connectivity index (χ1n) is 4.49. The number of aliphatic hydroxyl groups is 1. The number of nitrogens with zero attached hydrogens (tertiary/aromatic N) is 2. The molecule has 3 nitrogen and oxygen atoms in total. The molecule has 0 spiro atoms. The molecule has 0 unspecified atom stereocenters. The highest BCUT2D eigenvalue weighted by Gasteiger charge is 1.95. The first-order chi connectivity index (χ1) is 6.38. The molecule has 0 saturated carbocycles. The van der Waals surface area contributed by atoms with Crippen molar-refractivity contribution in [1.82, 2.24) is 9.55 Å². The standard InChI is InChI=1S/C10H14N2O/c1-2-7-12-8-6-11-10(12)5-3-4-9-13/h6,8,13H,2,4,7,9H2,1H3. The minimum atomic E-state index is 0.113. The fraction of sp³-hybridized carbons (Fsp3) is 0.500. The van der Waals surface area contributed by atoms with E-state index in [0.717, 1.165) is 18.8 Å². The highest BCUT2D eigenvalue weighted by Crippen LogP contribution is 1.97. The van der Waals surface area contributed by atoms with Gasteiger partial charge in [-0.1, -0.05) is 12.8 Å². The molecule has 0 aliphatic heterocycles. The monoisotopic (exact) mass is 178 g/mol. The zero-order valence-electron chi connectivity index (χ0n) is 7.82. The average molecular weight is 178 g/mol. The number of hydrogen-bond donors (Lipinski definition) is 1. The highest BCUT2D eigenvalue weighted by atomic mass is 16.2. The largest absolute Gasteiger partial charge is 0.395 e. The third-order valence-corrected chi connectivity index (χ3v) is 1.62. The van der Waals surface area contributed by atoms with Crippen LogP contribution in [0.2, 0.25) is 0 Å². The van der Waals surface area contributed by atoms with Crippen LogP contribution in [0.25, 0.3) is 0 Å². The molecule has 0 amide bonds. The van der Waals surface area contributed by atoms with E-state index in [1.807, 2.05) is 10.8 Å². The van der Waals surface area contributed by atoms with Gasteiger partial charge in [0.2, 0.25) is 0 Å². The molecule has 0 aliphatic rings. The van der Waals surface area contributed by atoms with Gasteiger partial charge in [-0.25, -0.2) is 4.98 Å². The van der Waals surface area contributed by atoms with Crippen LogP contribution in [-0.4, -0.2) is 21.3 Å². The Labute approximate surface area is 78.4 Å². The van der Waals surface area contributed by atoms with Crippen molar-refractivity contribution in [3.8, 4) is 11.8 Å². The lowest BCUT2D eigenvalue weighted by molar-refractivity contribution is 0.305. The van der Waals surface area contributed by atoms with Gasteiger partial charge in [0, 0.05) is 25.4 Å². The van der Waals surface area contributed by atoms with Gasteiger partial charge in [-0.2, -0.15) is 0 Å². The predicted molar refractivity (Wildman–Crippen MR) is 51.1 cm³/mol. The molecule has 13 heavy (non-hydrogen) atoms. The molecule has 1 N–H and O–H groups in total. The summed E-state index contributed by atoms with van der Waals surface area (Å²) < 4.78 is 2.02. The van der Waals surface area contributed by atoms with E-state index in [9.17, 15) is 0 Å². The summed E-state index contributed by atoms with van der Waals surface area (Å²) in [5.41, 5.74) is 0. The van der Waals surface area contributed by atoms with Crippen molar-refractivity contribution in [2.75, 3.05) is 6.61 Å². The number of aromatic nitrogens is 2. The summed E-state index contributed by atoms with van der Waals surface area (Å²) in [5.74, 6) is 6.56. The Morgan fingerprint density at radius 3 is 3.15 bits per heavy atom. The van der Waals surface area contributed by atoms with Crippen LogP contribution in [0.5, 0.6) is 0 Å². The summed E-state index contributed by atoms with van der Waals surface area (Å²) in [6.45, 7) is 3.18. The van der Waals surface area contributed by atoms with Crippen LogP contribution in [0.3, 0.4) is 0 Å². The van der Waals surface area contributed by atoms with Crippen molar-refractivity contribution in [2.45, 2.75) is 26.3 Å². The summed E-state index contributed by atoms with van der Waals surface area (Å²) in [6, 6.07) is 0. The molecule has 1 heterocycles. The maximum absolute atomic E-state index is 8.54. The molecule has 0 bridgehead atoms. The summed E-state index contributed by atoms with van der Waals surface area (Å²) in [7, 11) is 0. The number of imidazole rings is 1. The van der Waals surface area contributed by atoms with E-state index in [1.54, 1.807) is 6.20 Å². The lowest BCUT2D eigenvalue weighted by Gasteiger charge is -1.98. The maximum atomic E-state index is 8.54. The zero-order valence-corrected chi connectivity index (χ0v) is 7.82. The lowest BCUT2D eigenvalue weighted by Crippen LogP contribution is -1.98. The molecule has 0 saturated heterocycles. The van der Waals surface area contributed by atoms with E-state index in [4.69, 9.17) is 5.11 Å². The number of aryl methyl sites for hydroxylation is 1. The number of rotatable bonds is 3. The van der Waals surface area contributed by atoms with Crippen LogP contribution in [0.4, 0.5) is 0 Å². The molecule has 70 valence electrons. The Morgan fingerprint density at radius 1 is 1.62 bits per heavy atom. The Kier molecular flexibility index (Phi) is 4.07. The van der Waals surface area contributed by atoms with Crippen molar-refractivity contribution in [3.63, 3.8) is 0 Å². The van der Waals surface area contributed by atoms with Gasteiger partial charge in [-0.05, 0) is 12.3 Å². The molecule has 3 heteroatoms. The van der Waals surface area contributed by atoms with Crippen molar-refractivity contribution >= 4 is 0 Å².